The van der Waals surface area contributed by atoms with E-state index in [4.69, 9.17) is 11.6 Å². The third-order valence-electron chi connectivity index (χ3n) is 6.58. The molecule has 1 aromatic heterocycles. The molecule has 1 aliphatic carbocycles. The average Bonchev–Trinajstić information content (AvgIpc) is 3.23. The van der Waals surface area contributed by atoms with Gasteiger partial charge in [0.25, 0.3) is 11.8 Å². The van der Waals surface area contributed by atoms with Gasteiger partial charge in [0.15, 0.2) is 5.01 Å². The van der Waals surface area contributed by atoms with Crippen LogP contribution in [-0.2, 0) is 13.0 Å². The third kappa shape index (κ3) is 5.38. The number of carbonyl (C=O) groups is 2. The van der Waals surface area contributed by atoms with E-state index in [0.717, 1.165) is 61.7 Å². The zero-order valence-corrected chi connectivity index (χ0v) is 21.4. The van der Waals surface area contributed by atoms with E-state index in [1.54, 1.807) is 0 Å². The van der Waals surface area contributed by atoms with Gasteiger partial charge in [-0.25, -0.2) is 4.98 Å². The molecule has 2 aromatic carbocycles. The van der Waals surface area contributed by atoms with Gasteiger partial charge in [0.1, 0.15) is 0 Å². The number of hydrogen-bond donors (Lipinski definition) is 2. The number of aromatic nitrogens is 1. The Kier molecular flexibility index (Phi) is 7.77. The summed E-state index contributed by atoms with van der Waals surface area (Å²) in [5, 5.41) is 9.51. The summed E-state index contributed by atoms with van der Waals surface area (Å²) in [5.74, 6) is -0.253. The first-order chi connectivity index (χ1) is 16.0. The predicted molar refractivity (Wildman–Crippen MR) is 139 cm³/mol. The highest BCUT2D eigenvalue weighted by Gasteiger charge is 2.30. The zero-order chi connectivity index (χ0) is 22.9. The Morgan fingerprint density at radius 3 is 2.47 bits per heavy atom. The van der Waals surface area contributed by atoms with Crippen LogP contribution in [0.15, 0.2) is 36.4 Å². The highest BCUT2D eigenvalue weighted by Crippen LogP contribution is 2.26. The van der Waals surface area contributed by atoms with E-state index in [1.165, 1.54) is 16.2 Å². The fraction of sp³-hybridized carbons (Fsp3) is 0.400. The highest BCUT2D eigenvalue weighted by molar-refractivity contribution is 7.13. The smallest absolute Gasteiger partial charge is 0.280 e. The molecule has 0 spiro atoms. The summed E-state index contributed by atoms with van der Waals surface area (Å²) in [6.07, 6.45) is 4.65. The van der Waals surface area contributed by atoms with Crippen LogP contribution in [0.1, 0.15) is 56.4 Å². The standard InChI is InChI=1S/C25H27ClN4O2S.ClH/c1-30-11-10-21-22(14-30)33-25(29-21)24(32)28-20-5-3-2-4-19(20)27-23(31)17-7-6-16-13-18(26)9-8-15(16)12-17;/h6-9,12-13,19-20H,2-5,10-11,14H2,1H3,(H,27,31)(H,28,32);1H. The largest absolute Gasteiger partial charge is 0.347 e. The van der Waals surface area contributed by atoms with E-state index < -0.39 is 0 Å². The van der Waals surface area contributed by atoms with E-state index in [1.807, 2.05) is 36.4 Å². The lowest BCUT2D eigenvalue weighted by Crippen LogP contribution is -2.53. The van der Waals surface area contributed by atoms with Crippen molar-refractivity contribution in [3.8, 4) is 0 Å². The number of amides is 2. The maximum atomic E-state index is 13.0. The first kappa shape index (κ1) is 24.9. The number of thiazole rings is 1. The van der Waals surface area contributed by atoms with Crippen molar-refractivity contribution in [2.75, 3.05) is 13.6 Å². The van der Waals surface area contributed by atoms with Gasteiger partial charge in [-0.05, 0) is 54.9 Å². The normalized spacial score (nSPS) is 20.3. The molecule has 2 amide bonds. The average molecular weight is 519 g/mol. The lowest BCUT2D eigenvalue weighted by atomic mass is 9.90. The Bertz CT molecular complexity index is 1210. The van der Waals surface area contributed by atoms with Gasteiger partial charge >= 0.3 is 0 Å². The van der Waals surface area contributed by atoms with E-state index >= 15 is 0 Å². The van der Waals surface area contributed by atoms with Crippen LogP contribution in [0, 0.1) is 0 Å². The summed E-state index contributed by atoms with van der Waals surface area (Å²) in [6, 6.07) is 11.1. The second-order valence-corrected chi connectivity index (χ2v) is 10.5. The van der Waals surface area contributed by atoms with Gasteiger partial charge in [0, 0.05) is 47.1 Å². The fourth-order valence-electron chi connectivity index (χ4n) is 4.74. The van der Waals surface area contributed by atoms with Crippen LogP contribution in [0.2, 0.25) is 5.02 Å². The molecule has 2 atom stereocenters. The summed E-state index contributed by atoms with van der Waals surface area (Å²) in [5.41, 5.74) is 1.66. The number of rotatable bonds is 4. The third-order valence-corrected chi connectivity index (χ3v) is 7.90. The van der Waals surface area contributed by atoms with Gasteiger partial charge in [-0.1, -0.05) is 36.6 Å². The van der Waals surface area contributed by atoms with Crippen LogP contribution in [0.5, 0.6) is 0 Å². The van der Waals surface area contributed by atoms with Crippen LogP contribution in [0.25, 0.3) is 10.8 Å². The number of nitrogens with one attached hydrogen (secondary N) is 2. The van der Waals surface area contributed by atoms with Gasteiger partial charge in [0.2, 0.25) is 0 Å². The Morgan fingerprint density at radius 2 is 1.71 bits per heavy atom. The molecule has 0 radical (unpaired) electrons. The Labute approximate surface area is 214 Å². The van der Waals surface area contributed by atoms with Gasteiger partial charge in [-0.15, -0.1) is 23.7 Å². The summed E-state index contributed by atoms with van der Waals surface area (Å²) < 4.78 is 0. The second-order valence-electron chi connectivity index (χ2n) is 9.03. The number of halogens is 2. The summed E-state index contributed by atoms with van der Waals surface area (Å²) in [4.78, 5) is 34.0. The maximum Gasteiger partial charge on any atom is 0.280 e. The minimum absolute atomic E-state index is 0. The first-order valence-corrected chi connectivity index (χ1v) is 12.6. The number of benzene rings is 2. The van der Waals surface area contributed by atoms with Crippen LogP contribution in [0.3, 0.4) is 0 Å². The minimum atomic E-state index is -0.134. The first-order valence-electron chi connectivity index (χ1n) is 11.4. The van der Waals surface area contributed by atoms with E-state index in [9.17, 15) is 9.59 Å². The lowest BCUT2D eigenvalue weighted by Gasteiger charge is -2.32. The van der Waals surface area contributed by atoms with Gasteiger partial charge in [-0.3, -0.25) is 9.59 Å². The van der Waals surface area contributed by atoms with Gasteiger partial charge < -0.3 is 15.5 Å². The van der Waals surface area contributed by atoms with E-state index in [-0.39, 0.29) is 36.3 Å². The van der Waals surface area contributed by atoms with Crippen molar-refractivity contribution in [2.24, 2.45) is 0 Å². The lowest BCUT2D eigenvalue weighted by molar-refractivity contribution is 0.0862. The Hall–Kier alpha value is -2.19. The van der Waals surface area contributed by atoms with Crippen molar-refractivity contribution in [1.29, 1.82) is 0 Å². The molecule has 2 aliphatic rings. The second kappa shape index (κ2) is 10.6. The van der Waals surface area contributed by atoms with Crippen LogP contribution < -0.4 is 10.6 Å². The van der Waals surface area contributed by atoms with Gasteiger partial charge in [-0.2, -0.15) is 0 Å². The SMILES string of the molecule is CN1CCc2nc(C(=O)NC3CCCCC3NC(=O)c3ccc4cc(Cl)ccc4c3)sc2C1.Cl. The van der Waals surface area contributed by atoms with Crippen molar-refractivity contribution in [2.45, 2.75) is 50.7 Å². The van der Waals surface area contributed by atoms with Crippen molar-refractivity contribution in [3.63, 3.8) is 0 Å². The summed E-state index contributed by atoms with van der Waals surface area (Å²) in [6.45, 7) is 1.82. The maximum absolute atomic E-state index is 13.0. The topological polar surface area (TPSA) is 74.3 Å². The fourth-order valence-corrected chi connectivity index (χ4v) is 6.01. The molecule has 6 nitrogen and oxygen atoms in total. The molecular formula is C25H28Cl2N4O2S. The van der Waals surface area contributed by atoms with E-state index in [2.05, 4.69) is 27.6 Å². The monoisotopic (exact) mass is 518 g/mol. The Balaban J connectivity index is 0.00000274. The van der Waals surface area contributed by atoms with E-state index in [0.29, 0.717) is 15.6 Å². The van der Waals surface area contributed by atoms with Crippen molar-refractivity contribution < 1.29 is 9.59 Å². The molecule has 2 heterocycles. The molecule has 5 rings (SSSR count). The minimum Gasteiger partial charge on any atom is -0.347 e. The predicted octanol–water partition coefficient (Wildman–Crippen LogP) is 4.83. The molecule has 2 N–H and O–H groups in total. The summed E-state index contributed by atoms with van der Waals surface area (Å²) in [7, 11) is 2.09. The van der Waals surface area contributed by atoms with Crippen molar-refractivity contribution >= 4 is 57.9 Å². The molecule has 9 heteroatoms. The zero-order valence-electron chi connectivity index (χ0n) is 19.0. The van der Waals surface area contributed by atoms with Crippen molar-refractivity contribution in [1.82, 2.24) is 20.5 Å². The molecule has 0 saturated heterocycles. The number of likely N-dealkylation sites (N-methyl/N-ethyl adjacent to an activating group) is 1. The highest BCUT2D eigenvalue weighted by atomic mass is 35.5. The van der Waals surface area contributed by atoms with Crippen LogP contribution >= 0.6 is 35.3 Å². The quantitative estimate of drug-likeness (QED) is 0.518. The number of fused-ring (bicyclic) bond motifs is 2. The molecule has 1 saturated carbocycles. The van der Waals surface area contributed by atoms with Crippen LogP contribution in [0.4, 0.5) is 0 Å². The molecular weight excluding hydrogens is 491 g/mol. The molecule has 34 heavy (non-hydrogen) atoms. The number of hydrogen-bond acceptors (Lipinski definition) is 5. The molecule has 180 valence electrons. The Morgan fingerprint density at radius 1 is 1.03 bits per heavy atom. The summed E-state index contributed by atoms with van der Waals surface area (Å²) >= 11 is 7.56. The molecule has 0 bridgehead atoms. The van der Waals surface area contributed by atoms with Crippen molar-refractivity contribution in [3.05, 3.63) is 62.6 Å². The molecule has 1 aliphatic heterocycles. The number of carbonyl (C=O) groups excluding carboxylic acids is 2. The molecule has 2 unspecified atom stereocenters. The number of nitrogens with zero attached hydrogens (tertiary/aromatic N) is 2. The van der Waals surface area contributed by atoms with Crippen LogP contribution in [-0.4, -0.2) is 47.4 Å². The molecule has 1 fully saturated rings. The molecule has 3 aromatic rings. The van der Waals surface area contributed by atoms with Gasteiger partial charge in [0.05, 0.1) is 5.69 Å².